The lowest BCUT2D eigenvalue weighted by Crippen LogP contribution is -2.35. The van der Waals surface area contributed by atoms with Crippen molar-refractivity contribution in [2.45, 2.75) is 30.7 Å². The molecule has 0 aromatic heterocycles. The molecule has 2 aliphatic heterocycles. The molecule has 1 atom stereocenters. The number of amides is 1. The molecule has 0 spiro atoms. The van der Waals surface area contributed by atoms with E-state index >= 15 is 0 Å². The van der Waals surface area contributed by atoms with Crippen LogP contribution in [0, 0.1) is 0 Å². The van der Waals surface area contributed by atoms with Crippen molar-refractivity contribution in [2.24, 2.45) is 0 Å². The summed E-state index contributed by atoms with van der Waals surface area (Å²) in [5.74, 6) is -0.0549. The lowest BCUT2D eigenvalue weighted by Gasteiger charge is -2.23. The SMILES string of the molecule is CC1Cc2cc(Br)ccc2N1C(=O)c1ccc2c(c1)CCN2S(=O)(=O)c1ccccc1. The summed E-state index contributed by atoms with van der Waals surface area (Å²) in [7, 11) is -3.62. The number of halogens is 1. The molecule has 31 heavy (non-hydrogen) atoms. The van der Waals surface area contributed by atoms with E-state index in [-0.39, 0.29) is 16.8 Å². The molecule has 0 saturated heterocycles. The summed E-state index contributed by atoms with van der Waals surface area (Å²) in [6, 6.07) is 19.9. The lowest BCUT2D eigenvalue weighted by molar-refractivity contribution is 0.0981. The highest BCUT2D eigenvalue weighted by molar-refractivity contribution is 9.10. The van der Waals surface area contributed by atoms with Crippen LogP contribution in [0.3, 0.4) is 0 Å². The molecule has 3 aromatic rings. The zero-order valence-corrected chi connectivity index (χ0v) is 19.4. The molecule has 1 unspecified atom stereocenters. The normalized spacial score (nSPS) is 17.5. The smallest absolute Gasteiger partial charge is 0.264 e. The van der Waals surface area contributed by atoms with E-state index in [9.17, 15) is 13.2 Å². The summed E-state index contributed by atoms with van der Waals surface area (Å²) in [6.07, 6.45) is 1.40. The van der Waals surface area contributed by atoms with E-state index in [0.29, 0.717) is 24.2 Å². The third kappa shape index (κ3) is 3.36. The Kier molecular flexibility index (Phi) is 4.90. The minimum absolute atomic E-state index is 0.0549. The highest BCUT2D eigenvalue weighted by Gasteiger charge is 2.34. The Hall–Kier alpha value is -2.64. The quantitative estimate of drug-likeness (QED) is 0.523. The second-order valence-electron chi connectivity index (χ2n) is 7.99. The van der Waals surface area contributed by atoms with Gasteiger partial charge in [0.2, 0.25) is 0 Å². The molecular weight excluding hydrogens is 476 g/mol. The third-order valence-corrected chi connectivity index (χ3v) is 8.31. The molecule has 5 rings (SSSR count). The van der Waals surface area contributed by atoms with Gasteiger partial charge in [0.15, 0.2) is 0 Å². The Labute approximate surface area is 190 Å². The van der Waals surface area contributed by atoms with E-state index in [4.69, 9.17) is 0 Å². The standard InChI is InChI=1S/C24H21BrN2O3S/c1-16-13-19-15-20(25)8-10-23(19)27(16)24(28)18-7-9-22-17(14-18)11-12-26(22)31(29,30)21-5-3-2-4-6-21/h2-10,14-16H,11-13H2,1H3. The van der Waals surface area contributed by atoms with Crippen LogP contribution in [0.1, 0.15) is 28.4 Å². The van der Waals surface area contributed by atoms with Crippen LogP contribution in [0.4, 0.5) is 11.4 Å². The van der Waals surface area contributed by atoms with Crippen LogP contribution in [0.25, 0.3) is 0 Å². The Morgan fingerprint density at radius 2 is 1.71 bits per heavy atom. The molecular formula is C24H21BrN2O3S. The topological polar surface area (TPSA) is 57.7 Å². The molecule has 0 bridgehead atoms. The van der Waals surface area contributed by atoms with Gasteiger partial charge in [-0.1, -0.05) is 34.1 Å². The van der Waals surface area contributed by atoms with Crippen molar-refractivity contribution >= 4 is 43.2 Å². The third-order valence-electron chi connectivity index (χ3n) is 5.99. The number of sulfonamides is 1. The van der Waals surface area contributed by atoms with Gasteiger partial charge in [0.1, 0.15) is 0 Å². The first-order chi connectivity index (χ1) is 14.9. The summed E-state index contributed by atoms with van der Waals surface area (Å²) < 4.78 is 28.6. The van der Waals surface area contributed by atoms with Crippen LogP contribution in [0.2, 0.25) is 0 Å². The van der Waals surface area contributed by atoms with E-state index in [1.54, 1.807) is 42.5 Å². The Morgan fingerprint density at radius 3 is 2.48 bits per heavy atom. The van der Waals surface area contributed by atoms with Crippen LogP contribution in [-0.2, 0) is 22.9 Å². The number of fused-ring (bicyclic) bond motifs is 2. The molecule has 0 N–H and O–H groups in total. The monoisotopic (exact) mass is 496 g/mol. The van der Waals surface area contributed by atoms with Gasteiger partial charge in [0.25, 0.3) is 15.9 Å². The molecule has 2 heterocycles. The first-order valence-electron chi connectivity index (χ1n) is 10.2. The van der Waals surface area contributed by atoms with Gasteiger partial charge in [-0.2, -0.15) is 0 Å². The summed E-state index contributed by atoms with van der Waals surface area (Å²) in [6.45, 7) is 2.43. The fourth-order valence-corrected chi connectivity index (χ4v) is 6.45. The summed E-state index contributed by atoms with van der Waals surface area (Å²) in [5, 5.41) is 0. The number of hydrogen-bond acceptors (Lipinski definition) is 3. The molecule has 0 radical (unpaired) electrons. The molecule has 0 saturated carbocycles. The van der Waals surface area contributed by atoms with Gasteiger partial charge in [-0.25, -0.2) is 8.42 Å². The van der Waals surface area contributed by atoms with Crippen molar-refractivity contribution in [3.05, 3.63) is 87.9 Å². The van der Waals surface area contributed by atoms with Crippen molar-refractivity contribution in [2.75, 3.05) is 15.7 Å². The molecule has 2 aliphatic rings. The van der Waals surface area contributed by atoms with Crippen molar-refractivity contribution in [3.63, 3.8) is 0 Å². The molecule has 0 aliphatic carbocycles. The van der Waals surface area contributed by atoms with Crippen LogP contribution < -0.4 is 9.21 Å². The number of rotatable bonds is 3. The first-order valence-corrected chi connectivity index (χ1v) is 12.4. The Bertz CT molecular complexity index is 1290. The van der Waals surface area contributed by atoms with Crippen molar-refractivity contribution in [1.82, 2.24) is 0 Å². The fraction of sp³-hybridized carbons (Fsp3) is 0.208. The second-order valence-corrected chi connectivity index (χ2v) is 10.8. The van der Waals surface area contributed by atoms with Crippen LogP contribution in [0.15, 0.2) is 76.1 Å². The molecule has 7 heteroatoms. The average Bonchev–Trinajstić information content (AvgIpc) is 3.33. The zero-order chi connectivity index (χ0) is 21.8. The highest BCUT2D eigenvalue weighted by Crippen LogP contribution is 2.37. The van der Waals surface area contributed by atoms with Crippen molar-refractivity contribution < 1.29 is 13.2 Å². The average molecular weight is 497 g/mol. The van der Waals surface area contributed by atoms with Crippen molar-refractivity contribution in [3.8, 4) is 0 Å². The van der Waals surface area contributed by atoms with Gasteiger partial charge < -0.3 is 4.90 Å². The molecule has 158 valence electrons. The molecule has 1 amide bonds. The van der Waals surface area contributed by atoms with Gasteiger partial charge in [-0.15, -0.1) is 0 Å². The molecule has 5 nitrogen and oxygen atoms in total. The van der Waals surface area contributed by atoms with E-state index in [0.717, 1.165) is 27.7 Å². The van der Waals surface area contributed by atoms with E-state index in [2.05, 4.69) is 22.0 Å². The van der Waals surface area contributed by atoms with E-state index < -0.39 is 10.0 Å². The number of nitrogens with zero attached hydrogens (tertiary/aromatic N) is 2. The Morgan fingerprint density at radius 1 is 0.968 bits per heavy atom. The molecule has 3 aromatic carbocycles. The van der Waals surface area contributed by atoms with Gasteiger partial charge in [0, 0.05) is 28.3 Å². The maximum Gasteiger partial charge on any atom is 0.264 e. The highest BCUT2D eigenvalue weighted by atomic mass is 79.9. The minimum Gasteiger partial charge on any atom is -0.305 e. The number of benzene rings is 3. The van der Waals surface area contributed by atoms with E-state index in [1.807, 2.05) is 30.0 Å². The van der Waals surface area contributed by atoms with Crippen LogP contribution >= 0.6 is 15.9 Å². The maximum absolute atomic E-state index is 13.4. The number of anilines is 2. The fourth-order valence-electron chi connectivity index (χ4n) is 4.52. The summed E-state index contributed by atoms with van der Waals surface area (Å²) >= 11 is 3.50. The largest absolute Gasteiger partial charge is 0.305 e. The zero-order valence-electron chi connectivity index (χ0n) is 17.0. The lowest BCUT2D eigenvalue weighted by atomic mass is 10.1. The number of carbonyl (C=O) groups is 1. The van der Waals surface area contributed by atoms with E-state index in [1.165, 1.54) is 4.31 Å². The van der Waals surface area contributed by atoms with Crippen molar-refractivity contribution in [1.29, 1.82) is 0 Å². The van der Waals surface area contributed by atoms with Gasteiger partial charge in [0.05, 0.1) is 10.6 Å². The first kappa shape index (κ1) is 20.3. The van der Waals surface area contributed by atoms with Gasteiger partial charge in [-0.05, 0) is 79.4 Å². The second kappa shape index (κ2) is 7.50. The number of carbonyl (C=O) groups excluding carboxylic acids is 1. The van der Waals surface area contributed by atoms with Gasteiger partial charge >= 0.3 is 0 Å². The predicted octanol–water partition coefficient (Wildman–Crippen LogP) is 4.79. The predicted molar refractivity (Wildman–Crippen MR) is 125 cm³/mol. The minimum atomic E-state index is -3.62. The maximum atomic E-state index is 13.4. The number of hydrogen-bond donors (Lipinski definition) is 0. The summed E-state index contributed by atoms with van der Waals surface area (Å²) in [4.78, 5) is 15.5. The van der Waals surface area contributed by atoms with Gasteiger partial charge in [-0.3, -0.25) is 9.10 Å². The Balaban J connectivity index is 1.47. The van der Waals surface area contributed by atoms with Crippen LogP contribution in [-0.4, -0.2) is 26.9 Å². The summed E-state index contributed by atoms with van der Waals surface area (Å²) in [5.41, 5.74) is 4.21. The molecule has 0 fully saturated rings. The van der Waals surface area contributed by atoms with Crippen LogP contribution in [0.5, 0.6) is 0 Å².